The van der Waals surface area contributed by atoms with E-state index in [4.69, 9.17) is 0 Å². The summed E-state index contributed by atoms with van der Waals surface area (Å²) < 4.78 is 0. The average Bonchev–Trinajstić information content (AvgIpc) is 3.00. The van der Waals surface area contributed by atoms with Gasteiger partial charge in [0.05, 0.1) is 0 Å². The van der Waals surface area contributed by atoms with E-state index in [0.717, 1.165) is 31.5 Å². The van der Waals surface area contributed by atoms with E-state index in [2.05, 4.69) is 28.1 Å². The summed E-state index contributed by atoms with van der Waals surface area (Å²) in [5, 5.41) is 8.44. The zero-order chi connectivity index (χ0) is 13.8. The number of fused-ring (bicyclic) bond motifs is 1. The molecule has 1 amide bonds. The molecule has 0 unspecified atom stereocenters. The molecule has 0 spiro atoms. The smallest absolute Gasteiger partial charge is 0.251 e. The summed E-state index contributed by atoms with van der Waals surface area (Å²) in [7, 11) is 0. The lowest BCUT2D eigenvalue weighted by atomic mass is 9.95. The molecule has 0 aliphatic carbocycles. The Morgan fingerprint density at radius 1 is 1.30 bits per heavy atom. The molecular formula is C16H18N2OS. The number of carbonyl (C=O) groups is 1. The molecule has 0 saturated carbocycles. The Hall–Kier alpha value is -1.65. The van der Waals surface area contributed by atoms with Gasteiger partial charge >= 0.3 is 0 Å². The van der Waals surface area contributed by atoms with Crippen molar-refractivity contribution in [2.45, 2.75) is 19.4 Å². The summed E-state index contributed by atoms with van der Waals surface area (Å²) in [6.07, 6.45) is 1.84. The van der Waals surface area contributed by atoms with Crippen LogP contribution in [0.25, 0.3) is 0 Å². The van der Waals surface area contributed by atoms with Crippen molar-refractivity contribution in [2.75, 3.05) is 13.1 Å². The minimum Gasteiger partial charge on any atom is -0.352 e. The molecule has 0 saturated heterocycles. The van der Waals surface area contributed by atoms with Gasteiger partial charge in [0.2, 0.25) is 0 Å². The lowest BCUT2D eigenvalue weighted by molar-refractivity contribution is 0.0953. The number of benzene rings is 1. The lowest BCUT2D eigenvalue weighted by Gasteiger charge is -2.19. The van der Waals surface area contributed by atoms with Crippen molar-refractivity contribution in [3.8, 4) is 0 Å². The molecule has 2 heterocycles. The second-order valence-electron chi connectivity index (χ2n) is 4.96. The van der Waals surface area contributed by atoms with Crippen LogP contribution in [-0.4, -0.2) is 19.0 Å². The number of thiophene rings is 1. The van der Waals surface area contributed by atoms with Gasteiger partial charge in [-0.15, -0.1) is 11.3 Å². The van der Waals surface area contributed by atoms with Crippen LogP contribution in [0.4, 0.5) is 0 Å². The van der Waals surface area contributed by atoms with E-state index in [1.807, 2.05) is 18.2 Å². The predicted molar refractivity (Wildman–Crippen MR) is 82.2 cm³/mol. The molecule has 4 heteroatoms. The maximum absolute atomic E-state index is 12.3. The molecule has 2 N–H and O–H groups in total. The van der Waals surface area contributed by atoms with Gasteiger partial charge in [-0.3, -0.25) is 4.79 Å². The Bertz CT molecular complexity index is 593. The highest BCUT2D eigenvalue weighted by Crippen LogP contribution is 2.18. The molecule has 3 rings (SSSR count). The Kier molecular flexibility index (Phi) is 4.14. The van der Waals surface area contributed by atoms with E-state index < -0.39 is 0 Å². The predicted octanol–water partition coefficient (Wildman–Crippen LogP) is 2.37. The first-order chi connectivity index (χ1) is 9.84. The van der Waals surface area contributed by atoms with E-state index in [1.165, 1.54) is 16.0 Å². The van der Waals surface area contributed by atoms with E-state index in [-0.39, 0.29) is 5.91 Å². The molecule has 3 nitrogen and oxygen atoms in total. The van der Waals surface area contributed by atoms with Crippen LogP contribution < -0.4 is 10.6 Å². The fourth-order valence-corrected chi connectivity index (χ4v) is 3.30. The van der Waals surface area contributed by atoms with Gasteiger partial charge in [-0.1, -0.05) is 18.2 Å². The molecule has 1 aliphatic heterocycles. The van der Waals surface area contributed by atoms with E-state index >= 15 is 0 Å². The molecule has 1 aliphatic rings. The van der Waals surface area contributed by atoms with Crippen molar-refractivity contribution in [1.82, 2.24) is 10.6 Å². The first-order valence-electron chi connectivity index (χ1n) is 6.96. The third-order valence-electron chi connectivity index (χ3n) is 3.62. The number of carbonyl (C=O) groups excluding carboxylic acids is 1. The number of amides is 1. The van der Waals surface area contributed by atoms with Gasteiger partial charge in [0, 0.05) is 23.5 Å². The Balaban J connectivity index is 1.65. The van der Waals surface area contributed by atoms with Gasteiger partial charge in [-0.05, 0) is 48.0 Å². The molecule has 2 aromatic rings. The highest BCUT2D eigenvalue weighted by Gasteiger charge is 2.16. The third-order valence-corrected chi connectivity index (χ3v) is 4.56. The van der Waals surface area contributed by atoms with Crippen molar-refractivity contribution in [3.05, 3.63) is 57.3 Å². The summed E-state index contributed by atoms with van der Waals surface area (Å²) in [4.78, 5) is 13.6. The van der Waals surface area contributed by atoms with Crippen LogP contribution in [0.2, 0.25) is 0 Å². The molecule has 0 fully saturated rings. The van der Waals surface area contributed by atoms with Crippen molar-refractivity contribution in [3.63, 3.8) is 0 Å². The monoisotopic (exact) mass is 286 g/mol. The van der Waals surface area contributed by atoms with E-state index in [0.29, 0.717) is 6.54 Å². The Morgan fingerprint density at radius 3 is 3.10 bits per heavy atom. The molecule has 0 bridgehead atoms. The topological polar surface area (TPSA) is 41.1 Å². The van der Waals surface area contributed by atoms with Crippen LogP contribution in [0.3, 0.4) is 0 Å². The third kappa shape index (κ3) is 2.92. The highest BCUT2D eigenvalue weighted by atomic mass is 32.1. The molecule has 104 valence electrons. The molecule has 1 aromatic heterocycles. The quantitative estimate of drug-likeness (QED) is 0.906. The summed E-state index contributed by atoms with van der Waals surface area (Å²) in [6, 6.07) is 10.2. The van der Waals surface area contributed by atoms with Gasteiger partial charge < -0.3 is 10.6 Å². The molecule has 0 radical (unpaired) electrons. The lowest BCUT2D eigenvalue weighted by Crippen LogP contribution is -2.30. The van der Waals surface area contributed by atoms with Crippen LogP contribution >= 0.6 is 11.3 Å². The standard InChI is InChI=1S/C16H18N2OS/c19-16(18-9-6-13-4-2-10-20-13)15-5-1-3-12-11-17-8-7-14(12)15/h1-5,10,17H,6-9,11H2,(H,18,19). The zero-order valence-electron chi connectivity index (χ0n) is 11.3. The molecule has 1 aromatic carbocycles. The Morgan fingerprint density at radius 2 is 2.25 bits per heavy atom. The maximum atomic E-state index is 12.3. The summed E-state index contributed by atoms with van der Waals surface area (Å²) in [6.45, 7) is 2.51. The van der Waals surface area contributed by atoms with Crippen LogP contribution in [0, 0.1) is 0 Å². The van der Waals surface area contributed by atoms with Crippen molar-refractivity contribution in [2.24, 2.45) is 0 Å². The van der Waals surface area contributed by atoms with Crippen LogP contribution in [0.15, 0.2) is 35.7 Å². The summed E-state index contributed by atoms with van der Waals surface area (Å²) >= 11 is 1.73. The van der Waals surface area contributed by atoms with Crippen molar-refractivity contribution in [1.29, 1.82) is 0 Å². The fraction of sp³-hybridized carbons (Fsp3) is 0.312. The number of nitrogens with one attached hydrogen (secondary N) is 2. The normalized spacial score (nSPS) is 13.8. The molecule has 20 heavy (non-hydrogen) atoms. The second kappa shape index (κ2) is 6.20. The van der Waals surface area contributed by atoms with Crippen LogP contribution in [0.5, 0.6) is 0 Å². The van der Waals surface area contributed by atoms with E-state index in [1.54, 1.807) is 11.3 Å². The number of hydrogen-bond donors (Lipinski definition) is 2. The highest BCUT2D eigenvalue weighted by molar-refractivity contribution is 7.09. The van der Waals surface area contributed by atoms with Crippen molar-refractivity contribution < 1.29 is 4.79 Å². The Labute approximate surface area is 123 Å². The minimum atomic E-state index is 0.0558. The van der Waals surface area contributed by atoms with Crippen molar-refractivity contribution >= 4 is 17.2 Å². The largest absolute Gasteiger partial charge is 0.352 e. The first-order valence-corrected chi connectivity index (χ1v) is 7.84. The summed E-state index contributed by atoms with van der Waals surface area (Å²) in [5.41, 5.74) is 3.30. The van der Waals surface area contributed by atoms with Crippen LogP contribution in [-0.2, 0) is 19.4 Å². The minimum absolute atomic E-state index is 0.0558. The van der Waals surface area contributed by atoms with Gasteiger partial charge in [-0.2, -0.15) is 0 Å². The number of rotatable bonds is 4. The molecule has 0 atom stereocenters. The van der Waals surface area contributed by atoms with Gasteiger partial charge in [0.25, 0.3) is 5.91 Å². The van der Waals surface area contributed by atoms with Gasteiger partial charge in [-0.25, -0.2) is 0 Å². The molecular weight excluding hydrogens is 268 g/mol. The average molecular weight is 286 g/mol. The SMILES string of the molecule is O=C(NCCc1cccs1)c1cccc2c1CCNC2. The van der Waals surface area contributed by atoms with Gasteiger partial charge in [0.15, 0.2) is 0 Å². The second-order valence-corrected chi connectivity index (χ2v) is 5.99. The fourth-order valence-electron chi connectivity index (χ4n) is 2.59. The summed E-state index contributed by atoms with van der Waals surface area (Å²) in [5.74, 6) is 0.0558. The van der Waals surface area contributed by atoms with Crippen LogP contribution in [0.1, 0.15) is 26.4 Å². The van der Waals surface area contributed by atoms with Gasteiger partial charge in [0.1, 0.15) is 0 Å². The van der Waals surface area contributed by atoms with E-state index in [9.17, 15) is 4.79 Å². The number of hydrogen-bond acceptors (Lipinski definition) is 3. The zero-order valence-corrected chi connectivity index (χ0v) is 12.1. The maximum Gasteiger partial charge on any atom is 0.251 e. The first kappa shape index (κ1) is 13.3.